The van der Waals surface area contributed by atoms with Gasteiger partial charge in [-0.3, -0.25) is 19.3 Å². The van der Waals surface area contributed by atoms with Gasteiger partial charge in [0.15, 0.2) is 0 Å². The molecule has 3 amide bonds. The Bertz CT molecular complexity index is 1090. The Balaban J connectivity index is 1.58. The zero-order chi connectivity index (χ0) is 24.2. The van der Waals surface area contributed by atoms with E-state index in [1.54, 1.807) is 0 Å². The first-order valence-corrected chi connectivity index (χ1v) is 10.1. The van der Waals surface area contributed by atoms with E-state index in [-0.39, 0.29) is 29.3 Å². The number of alkyl halides is 5. The second kappa shape index (κ2) is 10.0. The van der Waals surface area contributed by atoms with Crippen molar-refractivity contribution in [2.75, 3.05) is 13.1 Å². The number of imide groups is 1. The standard InChI is InChI=1S/C21H15F5N2O4S/c22-19(23)32-15-6-4-12(5-7-15)10-16-18(30)28(20(31)33-16)9-8-27-17(29)13-2-1-3-14(11-13)21(24,25)26/h1-7,10-11,19H,8-9H2,(H,27,29)/b16-10+. The fourth-order valence-electron chi connectivity index (χ4n) is 2.81. The molecule has 0 saturated carbocycles. The highest BCUT2D eigenvalue weighted by Crippen LogP contribution is 2.32. The third kappa shape index (κ3) is 6.31. The first-order valence-electron chi connectivity index (χ1n) is 9.30. The van der Waals surface area contributed by atoms with Gasteiger partial charge in [0.1, 0.15) is 5.75 Å². The van der Waals surface area contributed by atoms with E-state index < -0.39 is 35.4 Å². The van der Waals surface area contributed by atoms with Crippen LogP contribution in [0.3, 0.4) is 0 Å². The van der Waals surface area contributed by atoms with Crippen LogP contribution in [0.2, 0.25) is 0 Å². The Kier molecular flexibility index (Phi) is 7.36. The number of halogens is 5. The summed E-state index contributed by atoms with van der Waals surface area (Å²) < 4.78 is 67.0. The molecule has 1 N–H and O–H groups in total. The zero-order valence-corrected chi connectivity index (χ0v) is 17.4. The van der Waals surface area contributed by atoms with Gasteiger partial charge >= 0.3 is 12.8 Å². The molecule has 1 aliphatic heterocycles. The van der Waals surface area contributed by atoms with Crippen molar-refractivity contribution in [2.24, 2.45) is 0 Å². The summed E-state index contributed by atoms with van der Waals surface area (Å²) in [4.78, 5) is 37.7. The molecule has 0 unspecified atom stereocenters. The molecule has 12 heteroatoms. The largest absolute Gasteiger partial charge is 0.435 e. The van der Waals surface area contributed by atoms with Crippen molar-refractivity contribution < 1.29 is 41.1 Å². The number of thioether (sulfide) groups is 1. The van der Waals surface area contributed by atoms with Crippen LogP contribution in [0, 0.1) is 0 Å². The summed E-state index contributed by atoms with van der Waals surface area (Å²) in [5.74, 6) is -1.47. The van der Waals surface area contributed by atoms with Crippen LogP contribution in [0.15, 0.2) is 53.4 Å². The molecule has 0 aliphatic carbocycles. The molecule has 1 saturated heterocycles. The average molecular weight is 486 g/mol. The number of nitrogens with zero attached hydrogens (tertiary/aromatic N) is 1. The molecule has 0 spiro atoms. The second-order valence-electron chi connectivity index (χ2n) is 6.62. The highest BCUT2D eigenvalue weighted by molar-refractivity contribution is 8.18. The molecular formula is C21H15F5N2O4S. The minimum absolute atomic E-state index is 0.0632. The molecular weight excluding hydrogens is 471 g/mol. The number of ether oxygens (including phenoxy) is 1. The molecule has 0 radical (unpaired) electrons. The van der Waals surface area contributed by atoms with Crippen LogP contribution in [0.1, 0.15) is 21.5 Å². The molecule has 1 fully saturated rings. The average Bonchev–Trinajstić information content (AvgIpc) is 3.01. The topological polar surface area (TPSA) is 75.7 Å². The van der Waals surface area contributed by atoms with E-state index in [1.807, 2.05) is 0 Å². The molecule has 2 aromatic rings. The number of nitrogens with one attached hydrogen (secondary N) is 1. The van der Waals surface area contributed by atoms with Crippen molar-refractivity contribution in [3.63, 3.8) is 0 Å². The van der Waals surface area contributed by atoms with Gasteiger partial charge in [-0.2, -0.15) is 22.0 Å². The van der Waals surface area contributed by atoms with Crippen molar-refractivity contribution in [1.29, 1.82) is 0 Å². The first-order chi connectivity index (χ1) is 15.5. The lowest BCUT2D eigenvalue weighted by molar-refractivity contribution is -0.137. The van der Waals surface area contributed by atoms with Crippen molar-refractivity contribution in [1.82, 2.24) is 10.2 Å². The van der Waals surface area contributed by atoms with E-state index in [0.717, 1.165) is 17.0 Å². The predicted octanol–water partition coefficient (Wildman–Crippen LogP) is 4.77. The summed E-state index contributed by atoms with van der Waals surface area (Å²) in [7, 11) is 0. The second-order valence-corrected chi connectivity index (χ2v) is 7.61. The highest BCUT2D eigenvalue weighted by atomic mass is 32.2. The lowest BCUT2D eigenvalue weighted by Gasteiger charge is -2.13. The SMILES string of the molecule is O=C(NCCN1C(=O)S/C(=C/c2ccc(OC(F)F)cc2)C1=O)c1cccc(C(F)(F)F)c1. The summed E-state index contributed by atoms with van der Waals surface area (Å²) >= 11 is 0.661. The van der Waals surface area contributed by atoms with Gasteiger partial charge in [0.25, 0.3) is 17.1 Å². The van der Waals surface area contributed by atoms with Crippen LogP contribution < -0.4 is 10.1 Å². The number of amides is 3. The van der Waals surface area contributed by atoms with E-state index in [9.17, 15) is 36.3 Å². The van der Waals surface area contributed by atoms with E-state index in [2.05, 4.69) is 10.1 Å². The van der Waals surface area contributed by atoms with Gasteiger partial charge in [-0.15, -0.1) is 0 Å². The quantitative estimate of drug-likeness (QED) is 0.451. The predicted molar refractivity (Wildman–Crippen MR) is 110 cm³/mol. The van der Waals surface area contributed by atoms with Gasteiger partial charge in [0.05, 0.1) is 10.5 Å². The molecule has 0 aromatic heterocycles. The Labute approximate surface area is 188 Å². The summed E-state index contributed by atoms with van der Waals surface area (Å²) in [6.07, 6.45) is -3.20. The van der Waals surface area contributed by atoms with Crippen LogP contribution in [-0.4, -0.2) is 41.7 Å². The Morgan fingerprint density at radius 1 is 1.12 bits per heavy atom. The van der Waals surface area contributed by atoms with E-state index >= 15 is 0 Å². The van der Waals surface area contributed by atoms with Crippen molar-refractivity contribution in [3.05, 3.63) is 70.1 Å². The van der Waals surface area contributed by atoms with Crippen molar-refractivity contribution in [2.45, 2.75) is 12.8 Å². The van der Waals surface area contributed by atoms with Crippen LogP contribution in [0.4, 0.5) is 26.7 Å². The Morgan fingerprint density at radius 2 is 1.82 bits per heavy atom. The third-order valence-corrected chi connectivity index (χ3v) is 5.26. The van der Waals surface area contributed by atoms with Gasteiger partial charge in [0, 0.05) is 18.7 Å². The van der Waals surface area contributed by atoms with Gasteiger partial charge in [-0.25, -0.2) is 0 Å². The maximum Gasteiger partial charge on any atom is 0.416 e. The molecule has 1 heterocycles. The molecule has 0 atom stereocenters. The number of hydrogen-bond donors (Lipinski definition) is 1. The number of carbonyl (C=O) groups excluding carboxylic acids is 3. The fourth-order valence-corrected chi connectivity index (χ4v) is 3.67. The van der Waals surface area contributed by atoms with Crippen molar-refractivity contribution >= 4 is 34.9 Å². The molecule has 33 heavy (non-hydrogen) atoms. The zero-order valence-electron chi connectivity index (χ0n) is 16.6. The number of benzene rings is 2. The first kappa shape index (κ1) is 24.2. The van der Waals surface area contributed by atoms with Crippen molar-refractivity contribution in [3.8, 4) is 5.75 Å². The smallest absolute Gasteiger partial charge is 0.416 e. The summed E-state index contributed by atoms with van der Waals surface area (Å²) in [6, 6.07) is 9.29. The maximum atomic E-state index is 12.8. The number of hydrogen-bond acceptors (Lipinski definition) is 5. The third-order valence-electron chi connectivity index (χ3n) is 4.35. The number of rotatable bonds is 7. The van der Waals surface area contributed by atoms with Gasteiger partial charge in [-0.05, 0) is 53.7 Å². The lowest BCUT2D eigenvalue weighted by atomic mass is 10.1. The minimum atomic E-state index is -4.60. The van der Waals surface area contributed by atoms with Crippen LogP contribution in [0.25, 0.3) is 6.08 Å². The molecule has 0 bridgehead atoms. The minimum Gasteiger partial charge on any atom is -0.435 e. The Morgan fingerprint density at radius 3 is 2.45 bits per heavy atom. The van der Waals surface area contributed by atoms with Crippen LogP contribution in [0.5, 0.6) is 5.75 Å². The van der Waals surface area contributed by atoms with Crippen LogP contribution >= 0.6 is 11.8 Å². The van der Waals surface area contributed by atoms with Crippen LogP contribution in [-0.2, 0) is 11.0 Å². The Hall–Kier alpha value is -3.41. The molecule has 174 valence electrons. The van der Waals surface area contributed by atoms with E-state index in [1.165, 1.54) is 36.4 Å². The van der Waals surface area contributed by atoms with Gasteiger partial charge in [-0.1, -0.05) is 18.2 Å². The van der Waals surface area contributed by atoms with E-state index in [4.69, 9.17) is 0 Å². The summed E-state index contributed by atoms with van der Waals surface area (Å²) in [5, 5.41) is 1.79. The molecule has 1 aliphatic rings. The van der Waals surface area contributed by atoms with Gasteiger partial charge in [0.2, 0.25) is 0 Å². The summed E-state index contributed by atoms with van der Waals surface area (Å²) in [6.45, 7) is -3.32. The molecule has 2 aromatic carbocycles. The lowest BCUT2D eigenvalue weighted by Crippen LogP contribution is -2.37. The van der Waals surface area contributed by atoms with E-state index in [0.29, 0.717) is 23.4 Å². The molecule has 6 nitrogen and oxygen atoms in total. The maximum absolute atomic E-state index is 12.8. The monoisotopic (exact) mass is 486 g/mol. The highest BCUT2D eigenvalue weighted by Gasteiger charge is 2.35. The normalized spacial score (nSPS) is 15.5. The fraction of sp³-hybridized carbons (Fsp3) is 0.190. The van der Waals surface area contributed by atoms with Gasteiger partial charge < -0.3 is 10.1 Å². The number of carbonyl (C=O) groups is 3. The molecule has 3 rings (SSSR count). The summed E-state index contributed by atoms with van der Waals surface area (Å²) in [5.41, 5.74) is -0.710.